The highest BCUT2D eigenvalue weighted by Crippen LogP contribution is 2.25. The topological polar surface area (TPSA) is 75.7 Å². The molecule has 2 aromatic carbocycles. The fourth-order valence-electron chi connectivity index (χ4n) is 2.15. The number of sulfonamides is 1. The Hall–Kier alpha value is -2.52. The number of ether oxygens (including phenoxy) is 1. The second-order valence-electron chi connectivity index (χ2n) is 5.59. The van der Waals surface area contributed by atoms with E-state index in [1.807, 2.05) is 0 Å². The molecule has 0 saturated carbocycles. The van der Waals surface area contributed by atoms with Crippen LogP contribution in [-0.4, -0.2) is 39.3 Å². The number of nitrogens with zero attached hydrogens (tertiary/aromatic N) is 1. The SMILES string of the molecule is Cc1ccc(S(=O)(=O)N(C)C)cc1NC(=O)c1ccccc1OC(F)F. The predicted molar refractivity (Wildman–Crippen MR) is 93.1 cm³/mol. The highest BCUT2D eigenvalue weighted by Gasteiger charge is 2.20. The van der Waals surface area contributed by atoms with Crippen LogP contribution in [0.3, 0.4) is 0 Å². The molecule has 0 atom stereocenters. The Morgan fingerprint density at radius 3 is 2.42 bits per heavy atom. The van der Waals surface area contributed by atoms with Gasteiger partial charge in [-0.25, -0.2) is 12.7 Å². The Balaban J connectivity index is 2.36. The lowest BCUT2D eigenvalue weighted by molar-refractivity contribution is -0.0501. The molecule has 0 bridgehead atoms. The van der Waals surface area contributed by atoms with E-state index in [4.69, 9.17) is 0 Å². The van der Waals surface area contributed by atoms with Crippen LogP contribution in [0.15, 0.2) is 47.4 Å². The molecule has 0 aliphatic carbocycles. The minimum atomic E-state index is -3.68. The number of amides is 1. The Kier molecular flexibility index (Phi) is 5.94. The second kappa shape index (κ2) is 7.79. The van der Waals surface area contributed by atoms with Crippen LogP contribution in [0.5, 0.6) is 5.75 Å². The van der Waals surface area contributed by atoms with E-state index in [1.54, 1.807) is 13.0 Å². The summed E-state index contributed by atoms with van der Waals surface area (Å²) in [7, 11) is -0.894. The van der Waals surface area contributed by atoms with Gasteiger partial charge in [0.2, 0.25) is 10.0 Å². The van der Waals surface area contributed by atoms with Gasteiger partial charge in [0.25, 0.3) is 5.91 Å². The van der Waals surface area contributed by atoms with Crippen molar-refractivity contribution in [2.75, 3.05) is 19.4 Å². The zero-order chi connectivity index (χ0) is 19.5. The molecule has 2 aromatic rings. The van der Waals surface area contributed by atoms with Crippen molar-refractivity contribution in [3.05, 3.63) is 53.6 Å². The molecular formula is C17H18F2N2O4S. The zero-order valence-corrected chi connectivity index (χ0v) is 15.2. The lowest BCUT2D eigenvalue weighted by Gasteiger charge is -2.15. The first-order chi connectivity index (χ1) is 12.1. The Bertz CT molecular complexity index is 915. The van der Waals surface area contributed by atoms with E-state index in [2.05, 4.69) is 10.1 Å². The van der Waals surface area contributed by atoms with E-state index in [0.717, 1.165) is 4.31 Å². The average molecular weight is 384 g/mol. The fraction of sp³-hybridized carbons (Fsp3) is 0.235. The van der Waals surface area contributed by atoms with Gasteiger partial charge in [-0.15, -0.1) is 0 Å². The van der Waals surface area contributed by atoms with Gasteiger partial charge in [-0.05, 0) is 36.8 Å². The number of anilines is 1. The van der Waals surface area contributed by atoms with Gasteiger partial charge in [-0.1, -0.05) is 18.2 Å². The molecule has 2 rings (SSSR count). The third kappa shape index (κ3) is 4.36. The van der Waals surface area contributed by atoms with Gasteiger partial charge in [-0.2, -0.15) is 8.78 Å². The third-order valence-electron chi connectivity index (χ3n) is 3.58. The minimum Gasteiger partial charge on any atom is -0.434 e. The first kappa shape index (κ1) is 19.8. The lowest BCUT2D eigenvalue weighted by Crippen LogP contribution is -2.22. The van der Waals surface area contributed by atoms with Crippen LogP contribution in [0, 0.1) is 6.92 Å². The van der Waals surface area contributed by atoms with Crippen molar-refractivity contribution in [3.63, 3.8) is 0 Å². The van der Waals surface area contributed by atoms with Gasteiger partial charge in [0, 0.05) is 19.8 Å². The summed E-state index contributed by atoms with van der Waals surface area (Å²) in [5, 5.41) is 2.54. The average Bonchev–Trinajstić information content (AvgIpc) is 2.56. The first-order valence-electron chi connectivity index (χ1n) is 7.51. The third-order valence-corrected chi connectivity index (χ3v) is 5.39. The molecule has 0 unspecified atom stereocenters. The molecule has 0 aliphatic heterocycles. The summed E-state index contributed by atoms with van der Waals surface area (Å²) in [6.45, 7) is -1.39. The monoisotopic (exact) mass is 384 g/mol. The van der Waals surface area contributed by atoms with E-state index in [0.29, 0.717) is 5.56 Å². The molecule has 140 valence electrons. The lowest BCUT2D eigenvalue weighted by atomic mass is 10.1. The largest absolute Gasteiger partial charge is 0.434 e. The number of benzene rings is 2. The summed E-state index contributed by atoms with van der Waals surface area (Å²) in [5.74, 6) is -0.960. The van der Waals surface area contributed by atoms with E-state index in [-0.39, 0.29) is 21.9 Å². The second-order valence-corrected chi connectivity index (χ2v) is 7.74. The summed E-state index contributed by atoms with van der Waals surface area (Å²) in [6, 6.07) is 9.85. The molecule has 1 amide bonds. The number of hydrogen-bond acceptors (Lipinski definition) is 4. The number of nitrogens with one attached hydrogen (secondary N) is 1. The van der Waals surface area contributed by atoms with Crippen LogP contribution in [0.4, 0.5) is 14.5 Å². The van der Waals surface area contributed by atoms with Gasteiger partial charge in [-0.3, -0.25) is 4.79 Å². The van der Waals surface area contributed by atoms with E-state index in [1.165, 1.54) is 50.5 Å². The molecule has 0 radical (unpaired) electrons. The number of carbonyl (C=O) groups excluding carboxylic acids is 1. The number of rotatable bonds is 6. The van der Waals surface area contributed by atoms with Crippen LogP contribution < -0.4 is 10.1 Å². The molecule has 0 saturated heterocycles. The highest BCUT2D eigenvalue weighted by molar-refractivity contribution is 7.89. The predicted octanol–water partition coefficient (Wildman–Crippen LogP) is 3.10. The molecule has 6 nitrogen and oxygen atoms in total. The van der Waals surface area contributed by atoms with Gasteiger partial charge < -0.3 is 10.1 Å². The molecule has 0 heterocycles. The Morgan fingerprint density at radius 1 is 1.15 bits per heavy atom. The van der Waals surface area contributed by atoms with Crippen molar-refractivity contribution >= 4 is 21.6 Å². The molecule has 9 heteroatoms. The van der Waals surface area contributed by atoms with Crippen molar-refractivity contribution in [1.82, 2.24) is 4.31 Å². The Morgan fingerprint density at radius 2 is 1.81 bits per heavy atom. The van der Waals surface area contributed by atoms with Crippen molar-refractivity contribution in [2.24, 2.45) is 0 Å². The summed E-state index contributed by atoms with van der Waals surface area (Å²) < 4.78 is 54.8. The van der Waals surface area contributed by atoms with Gasteiger partial charge >= 0.3 is 6.61 Å². The molecule has 0 aromatic heterocycles. The number of aryl methyl sites for hydroxylation is 1. The van der Waals surface area contributed by atoms with Gasteiger partial charge in [0.05, 0.1) is 10.5 Å². The molecule has 1 N–H and O–H groups in total. The maximum Gasteiger partial charge on any atom is 0.387 e. The number of halogens is 2. The molecule has 0 spiro atoms. The maximum absolute atomic E-state index is 12.5. The number of para-hydroxylation sites is 1. The molecular weight excluding hydrogens is 366 g/mol. The van der Waals surface area contributed by atoms with Crippen LogP contribution in [0.2, 0.25) is 0 Å². The number of hydrogen-bond donors (Lipinski definition) is 1. The van der Waals surface area contributed by atoms with E-state index < -0.39 is 22.5 Å². The molecule has 0 aliphatic rings. The summed E-state index contributed by atoms with van der Waals surface area (Å²) in [6.07, 6.45) is 0. The van der Waals surface area contributed by atoms with Crippen molar-refractivity contribution in [1.29, 1.82) is 0 Å². The quantitative estimate of drug-likeness (QED) is 0.830. The summed E-state index contributed by atoms with van der Waals surface area (Å²) in [5.41, 5.74) is 0.779. The first-order valence-corrected chi connectivity index (χ1v) is 8.95. The fourth-order valence-corrected chi connectivity index (χ4v) is 3.08. The normalized spacial score (nSPS) is 11.7. The smallest absolute Gasteiger partial charge is 0.387 e. The van der Waals surface area contributed by atoms with Crippen LogP contribution in [0.25, 0.3) is 0 Å². The van der Waals surface area contributed by atoms with E-state index >= 15 is 0 Å². The number of carbonyl (C=O) groups is 1. The van der Waals surface area contributed by atoms with Gasteiger partial charge in [0.15, 0.2) is 0 Å². The minimum absolute atomic E-state index is 0.000477. The highest BCUT2D eigenvalue weighted by atomic mass is 32.2. The molecule has 26 heavy (non-hydrogen) atoms. The maximum atomic E-state index is 12.5. The van der Waals surface area contributed by atoms with Crippen LogP contribution in [0.1, 0.15) is 15.9 Å². The standard InChI is InChI=1S/C17H18F2N2O4S/c1-11-8-9-12(26(23,24)21(2)3)10-14(11)20-16(22)13-6-4-5-7-15(13)25-17(18)19/h4-10,17H,1-3H3,(H,20,22). The van der Waals surface area contributed by atoms with Crippen molar-refractivity contribution < 1.29 is 26.7 Å². The zero-order valence-electron chi connectivity index (χ0n) is 14.4. The Labute approximate surface area is 150 Å². The summed E-state index contributed by atoms with van der Waals surface area (Å²) in [4.78, 5) is 12.5. The van der Waals surface area contributed by atoms with E-state index in [9.17, 15) is 22.0 Å². The molecule has 0 fully saturated rings. The van der Waals surface area contributed by atoms with Crippen molar-refractivity contribution in [3.8, 4) is 5.75 Å². The van der Waals surface area contributed by atoms with Crippen LogP contribution >= 0.6 is 0 Å². The number of alkyl halides is 2. The van der Waals surface area contributed by atoms with Gasteiger partial charge in [0.1, 0.15) is 5.75 Å². The van der Waals surface area contributed by atoms with Crippen molar-refractivity contribution in [2.45, 2.75) is 18.4 Å². The van der Waals surface area contributed by atoms with Crippen LogP contribution in [-0.2, 0) is 10.0 Å². The summed E-state index contributed by atoms with van der Waals surface area (Å²) >= 11 is 0.